The fourth-order valence-corrected chi connectivity index (χ4v) is 1.84. The van der Waals surface area contributed by atoms with E-state index < -0.39 is 5.82 Å². The van der Waals surface area contributed by atoms with Gasteiger partial charge in [-0.3, -0.25) is 4.79 Å². The van der Waals surface area contributed by atoms with E-state index in [0.29, 0.717) is 21.5 Å². The van der Waals surface area contributed by atoms with Crippen LogP contribution in [0, 0.1) is 12.7 Å². The number of pyridine rings is 1. The van der Waals surface area contributed by atoms with E-state index in [1.165, 1.54) is 12.1 Å². The van der Waals surface area contributed by atoms with Crippen LogP contribution in [0.3, 0.4) is 0 Å². The highest BCUT2D eigenvalue weighted by atomic mass is 79.9. The van der Waals surface area contributed by atoms with Crippen molar-refractivity contribution in [2.75, 3.05) is 5.32 Å². The number of nitrogens with zero attached hydrogens (tertiary/aromatic N) is 1. The first-order valence-electron chi connectivity index (χ1n) is 5.26. The summed E-state index contributed by atoms with van der Waals surface area (Å²) in [5.74, 6) is -0.399. The standard InChI is InChI=1S/C13H10BrFN2O/c1-8-5-6-9(15)7-10(8)13(18)17-12-4-2-3-11(14)16-12/h2-7H,1H3,(H,16,17,18). The first-order chi connectivity index (χ1) is 8.56. The third-order valence-corrected chi connectivity index (χ3v) is 2.84. The normalized spacial score (nSPS) is 10.2. The molecule has 3 nitrogen and oxygen atoms in total. The molecule has 0 aliphatic heterocycles. The van der Waals surface area contributed by atoms with Crippen molar-refractivity contribution in [2.24, 2.45) is 0 Å². The number of hydrogen-bond donors (Lipinski definition) is 1. The molecule has 2 rings (SSSR count). The number of amides is 1. The summed E-state index contributed by atoms with van der Waals surface area (Å²) in [6.45, 7) is 1.75. The SMILES string of the molecule is Cc1ccc(F)cc1C(=O)Nc1cccc(Br)n1. The molecule has 0 bridgehead atoms. The van der Waals surface area contributed by atoms with E-state index in [0.717, 1.165) is 0 Å². The van der Waals surface area contributed by atoms with E-state index in [1.54, 1.807) is 31.2 Å². The van der Waals surface area contributed by atoms with Crippen LogP contribution in [-0.4, -0.2) is 10.9 Å². The lowest BCUT2D eigenvalue weighted by molar-refractivity contribution is 0.102. The van der Waals surface area contributed by atoms with Crippen LogP contribution in [0.2, 0.25) is 0 Å². The molecule has 0 fully saturated rings. The molecule has 0 unspecified atom stereocenters. The lowest BCUT2D eigenvalue weighted by Crippen LogP contribution is -2.14. The van der Waals surface area contributed by atoms with Gasteiger partial charge in [-0.1, -0.05) is 12.1 Å². The maximum atomic E-state index is 13.1. The minimum absolute atomic E-state index is 0.303. The Morgan fingerprint density at radius 2 is 2.11 bits per heavy atom. The number of hydrogen-bond acceptors (Lipinski definition) is 2. The van der Waals surface area contributed by atoms with Gasteiger partial charge in [0.05, 0.1) is 0 Å². The van der Waals surface area contributed by atoms with E-state index >= 15 is 0 Å². The molecule has 5 heteroatoms. The summed E-state index contributed by atoms with van der Waals surface area (Å²) in [5.41, 5.74) is 1.01. The van der Waals surface area contributed by atoms with E-state index in [1.807, 2.05) is 0 Å². The molecular weight excluding hydrogens is 299 g/mol. The monoisotopic (exact) mass is 308 g/mol. The van der Waals surface area contributed by atoms with Gasteiger partial charge in [-0.25, -0.2) is 9.37 Å². The van der Waals surface area contributed by atoms with Gasteiger partial charge in [0, 0.05) is 5.56 Å². The zero-order valence-electron chi connectivity index (χ0n) is 9.58. The Kier molecular flexibility index (Phi) is 3.72. The first-order valence-corrected chi connectivity index (χ1v) is 6.05. The molecule has 1 aromatic carbocycles. The summed E-state index contributed by atoms with van der Waals surface area (Å²) in [6, 6.07) is 9.27. The maximum absolute atomic E-state index is 13.1. The fraction of sp³-hybridized carbons (Fsp3) is 0.0769. The molecular formula is C13H10BrFN2O. The minimum atomic E-state index is -0.437. The van der Waals surface area contributed by atoms with Gasteiger partial charge in [0.1, 0.15) is 16.2 Å². The van der Waals surface area contributed by atoms with Crippen molar-refractivity contribution in [2.45, 2.75) is 6.92 Å². The van der Waals surface area contributed by atoms with Crippen molar-refractivity contribution in [3.8, 4) is 0 Å². The summed E-state index contributed by atoms with van der Waals surface area (Å²) in [7, 11) is 0. The largest absolute Gasteiger partial charge is 0.307 e. The van der Waals surface area contributed by atoms with E-state index in [4.69, 9.17) is 0 Å². The summed E-state index contributed by atoms with van der Waals surface area (Å²) in [5, 5.41) is 2.62. The van der Waals surface area contributed by atoms with E-state index in [9.17, 15) is 9.18 Å². The third kappa shape index (κ3) is 2.92. The van der Waals surface area contributed by atoms with Crippen LogP contribution in [-0.2, 0) is 0 Å². The molecule has 0 spiro atoms. The predicted octanol–water partition coefficient (Wildman–Crippen LogP) is 3.54. The zero-order valence-corrected chi connectivity index (χ0v) is 11.2. The number of anilines is 1. The number of benzene rings is 1. The van der Waals surface area contributed by atoms with Crippen molar-refractivity contribution in [1.29, 1.82) is 0 Å². The van der Waals surface area contributed by atoms with Gasteiger partial charge < -0.3 is 5.32 Å². The summed E-state index contributed by atoms with van der Waals surface area (Å²) < 4.78 is 13.7. The Balaban J connectivity index is 2.24. The highest BCUT2D eigenvalue weighted by Crippen LogP contribution is 2.14. The first kappa shape index (κ1) is 12.7. The Hall–Kier alpha value is -1.75. The van der Waals surface area contributed by atoms with Crippen LogP contribution < -0.4 is 5.32 Å². The molecule has 0 radical (unpaired) electrons. The number of nitrogens with one attached hydrogen (secondary N) is 1. The minimum Gasteiger partial charge on any atom is -0.307 e. The van der Waals surface area contributed by atoms with Crippen molar-refractivity contribution in [3.63, 3.8) is 0 Å². The Labute approximate surface area is 112 Å². The van der Waals surface area contributed by atoms with Gasteiger partial charge in [-0.15, -0.1) is 0 Å². The number of rotatable bonds is 2. The van der Waals surface area contributed by atoms with Gasteiger partial charge in [-0.2, -0.15) is 0 Å². The van der Waals surface area contributed by atoms with Crippen LogP contribution in [0.5, 0.6) is 0 Å². The third-order valence-electron chi connectivity index (χ3n) is 2.40. The van der Waals surface area contributed by atoms with Crippen LogP contribution >= 0.6 is 15.9 Å². The summed E-state index contributed by atoms with van der Waals surface area (Å²) in [4.78, 5) is 16.0. The van der Waals surface area contributed by atoms with Crippen molar-refractivity contribution in [3.05, 3.63) is 57.9 Å². The average Bonchev–Trinajstić information content (AvgIpc) is 2.32. The topological polar surface area (TPSA) is 42.0 Å². The van der Waals surface area contributed by atoms with Crippen LogP contribution in [0.25, 0.3) is 0 Å². The number of aromatic nitrogens is 1. The Morgan fingerprint density at radius 1 is 1.33 bits per heavy atom. The lowest BCUT2D eigenvalue weighted by Gasteiger charge is -2.07. The fourth-order valence-electron chi connectivity index (χ4n) is 1.50. The van der Waals surface area contributed by atoms with Gasteiger partial charge in [-0.05, 0) is 52.7 Å². The van der Waals surface area contributed by atoms with E-state index in [2.05, 4.69) is 26.2 Å². The number of carbonyl (C=O) groups excluding carboxylic acids is 1. The van der Waals surface area contributed by atoms with Gasteiger partial charge in [0.15, 0.2) is 0 Å². The Morgan fingerprint density at radius 3 is 2.83 bits per heavy atom. The smallest absolute Gasteiger partial charge is 0.257 e. The van der Waals surface area contributed by atoms with Gasteiger partial charge >= 0.3 is 0 Å². The highest BCUT2D eigenvalue weighted by molar-refractivity contribution is 9.10. The van der Waals surface area contributed by atoms with Crippen molar-refractivity contribution in [1.82, 2.24) is 4.98 Å². The van der Waals surface area contributed by atoms with Crippen LogP contribution in [0.1, 0.15) is 15.9 Å². The summed E-state index contributed by atoms with van der Waals surface area (Å²) >= 11 is 3.21. The molecule has 0 aliphatic rings. The lowest BCUT2D eigenvalue weighted by atomic mass is 10.1. The molecule has 0 saturated carbocycles. The molecule has 1 aromatic heterocycles. The highest BCUT2D eigenvalue weighted by Gasteiger charge is 2.11. The maximum Gasteiger partial charge on any atom is 0.257 e. The predicted molar refractivity (Wildman–Crippen MR) is 71.0 cm³/mol. The van der Waals surface area contributed by atoms with Crippen LogP contribution in [0.15, 0.2) is 41.0 Å². The zero-order chi connectivity index (χ0) is 13.1. The molecule has 18 heavy (non-hydrogen) atoms. The Bertz CT molecular complexity index is 601. The average molecular weight is 309 g/mol. The molecule has 1 N–H and O–H groups in total. The van der Waals surface area contributed by atoms with Gasteiger partial charge in [0.2, 0.25) is 0 Å². The molecule has 0 saturated heterocycles. The molecule has 0 aliphatic carbocycles. The molecule has 1 heterocycles. The van der Waals surface area contributed by atoms with Crippen molar-refractivity contribution < 1.29 is 9.18 Å². The second kappa shape index (κ2) is 5.27. The second-order valence-electron chi connectivity index (χ2n) is 3.76. The quantitative estimate of drug-likeness (QED) is 0.862. The summed E-state index contributed by atoms with van der Waals surface area (Å²) in [6.07, 6.45) is 0. The second-order valence-corrected chi connectivity index (χ2v) is 4.57. The van der Waals surface area contributed by atoms with Gasteiger partial charge in [0.25, 0.3) is 5.91 Å². The number of halogens is 2. The molecule has 92 valence electrons. The van der Waals surface area contributed by atoms with Crippen LogP contribution in [0.4, 0.5) is 10.2 Å². The molecule has 0 atom stereocenters. The number of carbonyl (C=O) groups is 1. The molecule has 2 aromatic rings. The van der Waals surface area contributed by atoms with Crippen molar-refractivity contribution >= 4 is 27.7 Å². The molecule has 1 amide bonds. The van der Waals surface area contributed by atoms with E-state index in [-0.39, 0.29) is 5.91 Å². The number of aryl methyl sites for hydroxylation is 1.